The Kier molecular flexibility index (Phi) is 3.44. The normalized spacial score (nSPS) is 15.8. The first-order valence-electron chi connectivity index (χ1n) is 6.70. The molecule has 1 N–H and O–H groups in total. The van der Waals surface area contributed by atoms with Crippen molar-refractivity contribution in [3.05, 3.63) is 56.3 Å². The molecule has 0 amide bonds. The number of nitro benzene ring substituents is 1. The molecule has 1 atom stereocenters. The van der Waals surface area contributed by atoms with Crippen molar-refractivity contribution in [1.29, 1.82) is 0 Å². The van der Waals surface area contributed by atoms with Crippen molar-refractivity contribution in [2.24, 2.45) is 5.92 Å². The Morgan fingerprint density at radius 1 is 1.40 bits per heavy atom. The van der Waals surface area contributed by atoms with Gasteiger partial charge < -0.3 is 5.32 Å². The van der Waals surface area contributed by atoms with Gasteiger partial charge in [-0.05, 0) is 42.7 Å². The summed E-state index contributed by atoms with van der Waals surface area (Å²) in [5.41, 5.74) is 2.04. The summed E-state index contributed by atoms with van der Waals surface area (Å²) in [4.78, 5) is 11.9. The highest BCUT2D eigenvalue weighted by atomic mass is 32.1. The molecule has 1 aromatic heterocycles. The van der Waals surface area contributed by atoms with Crippen LogP contribution in [0.3, 0.4) is 0 Å². The second kappa shape index (κ2) is 5.25. The van der Waals surface area contributed by atoms with E-state index in [1.807, 2.05) is 6.92 Å². The highest BCUT2D eigenvalue weighted by Gasteiger charge is 2.33. The van der Waals surface area contributed by atoms with Gasteiger partial charge in [0.05, 0.1) is 11.0 Å². The second-order valence-electron chi connectivity index (χ2n) is 5.23. The number of benzene rings is 1. The van der Waals surface area contributed by atoms with Crippen molar-refractivity contribution in [3.63, 3.8) is 0 Å². The summed E-state index contributed by atoms with van der Waals surface area (Å²) in [6.07, 6.45) is 2.45. The fourth-order valence-corrected chi connectivity index (χ4v) is 3.24. The Morgan fingerprint density at radius 3 is 2.80 bits per heavy atom. The van der Waals surface area contributed by atoms with Gasteiger partial charge in [-0.2, -0.15) is 0 Å². The van der Waals surface area contributed by atoms with Crippen molar-refractivity contribution in [2.45, 2.75) is 25.8 Å². The molecule has 0 radical (unpaired) electrons. The molecule has 1 saturated carbocycles. The molecular weight excluding hydrogens is 272 g/mol. The Hall–Kier alpha value is -1.88. The van der Waals surface area contributed by atoms with Gasteiger partial charge in [0.15, 0.2) is 0 Å². The molecule has 1 aliphatic rings. The van der Waals surface area contributed by atoms with E-state index in [0.717, 1.165) is 11.3 Å². The number of non-ortho nitro benzene ring substituents is 1. The number of aryl methyl sites for hydroxylation is 1. The first-order valence-corrected chi connectivity index (χ1v) is 7.58. The summed E-state index contributed by atoms with van der Waals surface area (Å²) < 4.78 is 0. The lowest BCUT2D eigenvalue weighted by Crippen LogP contribution is -2.12. The van der Waals surface area contributed by atoms with Crippen LogP contribution in [0.4, 0.5) is 11.4 Å². The van der Waals surface area contributed by atoms with E-state index in [1.165, 1.54) is 17.7 Å². The number of nitrogens with one attached hydrogen (secondary N) is 1. The Morgan fingerprint density at radius 2 is 2.20 bits per heavy atom. The van der Waals surface area contributed by atoms with Crippen molar-refractivity contribution < 1.29 is 4.92 Å². The van der Waals surface area contributed by atoms with Gasteiger partial charge in [0.1, 0.15) is 0 Å². The minimum atomic E-state index is -0.345. The van der Waals surface area contributed by atoms with Crippen LogP contribution in [-0.4, -0.2) is 4.92 Å². The summed E-state index contributed by atoms with van der Waals surface area (Å²) in [6, 6.07) is 9.45. The van der Waals surface area contributed by atoms with Crippen LogP contribution in [0, 0.1) is 23.0 Å². The molecule has 0 spiro atoms. The highest BCUT2D eigenvalue weighted by molar-refractivity contribution is 7.10. The van der Waals surface area contributed by atoms with Crippen molar-refractivity contribution in [3.8, 4) is 0 Å². The van der Waals surface area contributed by atoms with Crippen LogP contribution in [-0.2, 0) is 0 Å². The third-order valence-electron chi connectivity index (χ3n) is 3.69. The minimum Gasteiger partial charge on any atom is -0.377 e. The van der Waals surface area contributed by atoms with Gasteiger partial charge in [-0.3, -0.25) is 10.1 Å². The zero-order chi connectivity index (χ0) is 14.1. The Labute approximate surface area is 121 Å². The summed E-state index contributed by atoms with van der Waals surface area (Å²) in [6.45, 7) is 1.98. The molecule has 0 saturated heterocycles. The fourth-order valence-electron chi connectivity index (χ4n) is 2.37. The van der Waals surface area contributed by atoms with Gasteiger partial charge in [-0.15, -0.1) is 11.3 Å². The second-order valence-corrected chi connectivity index (χ2v) is 6.21. The van der Waals surface area contributed by atoms with E-state index in [1.54, 1.807) is 29.5 Å². The molecular formula is C15H16N2O2S. The van der Waals surface area contributed by atoms with Gasteiger partial charge in [-0.1, -0.05) is 12.1 Å². The fraction of sp³-hybridized carbons (Fsp3) is 0.333. The van der Waals surface area contributed by atoms with Gasteiger partial charge in [-0.25, -0.2) is 0 Å². The molecule has 0 bridgehead atoms. The van der Waals surface area contributed by atoms with Gasteiger partial charge >= 0.3 is 0 Å². The van der Waals surface area contributed by atoms with Crippen molar-refractivity contribution >= 4 is 22.7 Å². The topological polar surface area (TPSA) is 55.2 Å². The third-order valence-corrected chi connectivity index (χ3v) is 4.64. The average Bonchev–Trinajstić information content (AvgIpc) is 3.12. The van der Waals surface area contributed by atoms with Crippen molar-refractivity contribution in [1.82, 2.24) is 0 Å². The maximum Gasteiger partial charge on any atom is 0.271 e. The predicted molar refractivity (Wildman–Crippen MR) is 81.2 cm³/mol. The lowest BCUT2D eigenvalue weighted by atomic mass is 10.1. The third kappa shape index (κ3) is 2.67. The largest absolute Gasteiger partial charge is 0.377 e. The van der Waals surface area contributed by atoms with E-state index in [2.05, 4.69) is 22.8 Å². The molecule has 3 rings (SSSR count). The summed E-state index contributed by atoms with van der Waals surface area (Å²) in [7, 11) is 0. The number of rotatable bonds is 5. The number of nitro groups is 1. The van der Waals surface area contributed by atoms with Gasteiger partial charge in [0.25, 0.3) is 5.69 Å². The molecule has 1 heterocycles. The first kappa shape index (κ1) is 13.1. The van der Waals surface area contributed by atoms with E-state index >= 15 is 0 Å². The summed E-state index contributed by atoms with van der Waals surface area (Å²) in [5, 5.41) is 16.5. The van der Waals surface area contributed by atoms with Crippen LogP contribution in [0.2, 0.25) is 0 Å². The molecule has 20 heavy (non-hydrogen) atoms. The highest BCUT2D eigenvalue weighted by Crippen LogP contribution is 2.44. The Bertz CT molecular complexity index is 621. The number of hydrogen-bond donors (Lipinski definition) is 1. The molecule has 104 valence electrons. The van der Waals surface area contributed by atoms with E-state index < -0.39 is 0 Å². The molecule has 2 aromatic rings. The zero-order valence-corrected chi connectivity index (χ0v) is 12.0. The number of thiophene rings is 1. The molecule has 5 heteroatoms. The molecule has 1 aromatic carbocycles. The lowest BCUT2D eigenvalue weighted by Gasteiger charge is -2.19. The summed E-state index contributed by atoms with van der Waals surface area (Å²) in [5.74, 6) is 0.646. The van der Waals surface area contributed by atoms with Crippen LogP contribution >= 0.6 is 11.3 Å². The average molecular weight is 288 g/mol. The monoisotopic (exact) mass is 288 g/mol. The van der Waals surface area contributed by atoms with Crippen LogP contribution < -0.4 is 5.32 Å². The lowest BCUT2D eigenvalue weighted by molar-refractivity contribution is -0.384. The van der Waals surface area contributed by atoms with Gasteiger partial charge in [0, 0.05) is 22.7 Å². The quantitative estimate of drug-likeness (QED) is 0.649. The first-order chi connectivity index (χ1) is 9.65. The van der Waals surface area contributed by atoms with Crippen LogP contribution in [0.1, 0.15) is 29.3 Å². The number of anilines is 1. The predicted octanol–water partition coefficient (Wildman–Crippen LogP) is 4.53. The van der Waals surface area contributed by atoms with Crippen LogP contribution in [0.5, 0.6) is 0 Å². The SMILES string of the molecule is Cc1ccc([N+](=O)[O-])cc1NC(c1cccs1)C1CC1. The molecule has 4 nitrogen and oxygen atoms in total. The number of hydrogen-bond acceptors (Lipinski definition) is 4. The molecule has 0 aliphatic heterocycles. The van der Waals surface area contributed by atoms with E-state index in [0.29, 0.717) is 5.92 Å². The standard InChI is InChI=1S/C15H16N2O2S/c1-10-4-7-12(17(18)19)9-13(10)16-15(11-5-6-11)14-3-2-8-20-14/h2-4,7-9,11,15-16H,5-6H2,1H3. The van der Waals surface area contributed by atoms with E-state index in [4.69, 9.17) is 0 Å². The van der Waals surface area contributed by atoms with E-state index in [-0.39, 0.29) is 16.7 Å². The van der Waals surface area contributed by atoms with Crippen LogP contribution in [0.25, 0.3) is 0 Å². The van der Waals surface area contributed by atoms with Gasteiger partial charge in [0.2, 0.25) is 0 Å². The van der Waals surface area contributed by atoms with E-state index in [9.17, 15) is 10.1 Å². The maximum atomic E-state index is 10.9. The van der Waals surface area contributed by atoms with Crippen LogP contribution in [0.15, 0.2) is 35.7 Å². The molecule has 1 fully saturated rings. The smallest absolute Gasteiger partial charge is 0.271 e. The zero-order valence-electron chi connectivity index (χ0n) is 11.2. The molecule has 1 aliphatic carbocycles. The minimum absolute atomic E-state index is 0.138. The maximum absolute atomic E-state index is 10.9. The molecule has 1 unspecified atom stereocenters. The van der Waals surface area contributed by atoms with Crippen molar-refractivity contribution in [2.75, 3.05) is 5.32 Å². The summed E-state index contributed by atoms with van der Waals surface area (Å²) >= 11 is 1.74. The Balaban J connectivity index is 1.88. The number of nitrogens with zero attached hydrogens (tertiary/aromatic N) is 1.